The molecule has 0 aromatic heterocycles. The summed E-state index contributed by atoms with van der Waals surface area (Å²) in [7, 11) is 0. The van der Waals surface area contributed by atoms with Gasteiger partial charge in [-0.3, -0.25) is 0 Å². The van der Waals surface area contributed by atoms with E-state index in [1.807, 2.05) is 6.92 Å². The van der Waals surface area contributed by atoms with Crippen LogP contribution in [-0.4, -0.2) is 69.9 Å². The topological polar surface area (TPSA) is 128 Å². The maximum atomic E-state index is 11.5. The fourth-order valence-corrected chi connectivity index (χ4v) is 1.69. The number of hydrogen-bond acceptors (Lipinski definition) is 7. The SMILES string of the molecule is CCC(C)OC(=O)NC1C(O)OC(CO)C(O)C1O. The second-order valence-electron chi connectivity index (χ2n) is 4.52. The highest BCUT2D eigenvalue weighted by atomic mass is 16.6. The number of amides is 1. The molecule has 19 heavy (non-hydrogen) atoms. The maximum absolute atomic E-state index is 11.5. The van der Waals surface area contributed by atoms with Crippen molar-refractivity contribution in [3.8, 4) is 0 Å². The predicted octanol–water partition coefficient (Wildman–Crippen LogP) is -1.69. The number of alkyl carbamates (subject to hydrolysis) is 1. The van der Waals surface area contributed by atoms with E-state index in [1.165, 1.54) is 0 Å². The van der Waals surface area contributed by atoms with Gasteiger partial charge in [-0.25, -0.2) is 4.79 Å². The Hall–Kier alpha value is -0.930. The zero-order valence-corrected chi connectivity index (χ0v) is 10.9. The lowest BCUT2D eigenvalue weighted by Gasteiger charge is -2.40. The van der Waals surface area contributed by atoms with E-state index in [-0.39, 0.29) is 6.10 Å². The molecule has 1 aliphatic heterocycles. The second kappa shape index (κ2) is 7.01. The van der Waals surface area contributed by atoms with Crippen LogP contribution in [0.3, 0.4) is 0 Å². The van der Waals surface area contributed by atoms with Crippen LogP contribution in [0.5, 0.6) is 0 Å². The van der Waals surface area contributed by atoms with Gasteiger partial charge in [-0.1, -0.05) is 6.92 Å². The van der Waals surface area contributed by atoms with Gasteiger partial charge in [0.25, 0.3) is 0 Å². The first kappa shape index (κ1) is 16.1. The van der Waals surface area contributed by atoms with Crippen molar-refractivity contribution in [3.63, 3.8) is 0 Å². The van der Waals surface area contributed by atoms with E-state index >= 15 is 0 Å². The zero-order chi connectivity index (χ0) is 14.6. The first-order chi connectivity index (χ1) is 8.90. The van der Waals surface area contributed by atoms with E-state index in [1.54, 1.807) is 6.92 Å². The predicted molar refractivity (Wildman–Crippen MR) is 63.1 cm³/mol. The molecule has 0 aromatic rings. The Morgan fingerprint density at radius 2 is 2.00 bits per heavy atom. The highest BCUT2D eigenvalue weighted by Gasteiger charge is 2.44. The minimum atomic E-state index is -1.54. The lowest BCUT2D eigenvalue weighted by Crippen LogP contribution is -2.64. The molecule has 1 rings (SSSR count). The molecule has 0 aromatic carbocycles. The lowest BCUT2D eigenvalue weighted by atomic mass is 9.97. The van der Waals surface area contributed by atoms with E-state index in [0.29, 0.717) is 6.42 Å². The van der Waals surface area contributed by atoms with Crippen LogP contribution < -0.4 is 5.32 Å². The third kappa shape index (κ3) is 4.02. The molecule has 6 unspecified atom stereocenters. The summed E-state index contributed by atoms with van der Waals surface area (Å²) in [4.78, 5) is 11.5. The molecular weight excluding hydrogens is 258 g/mol. The molecule has 0 aliphatic carbocycles. The van der Waals surface area contributed by atoms with Crippen LogP contribution in [0.1, 0.15) is 20.3 Å². The highest BCUT2D eigenvalue weighted by molar-refractivity contribution is 5.68. The summed E-state index contributed by atoms with van der Waals surface area (Å²) < 4.78 is 9.82. The second-order valence-corrected chi connectivity index (χ2v) is 4.52. The van der Waals surface area contributed by atoms with Gasteiger partial charge in [0.1, 0.15) is 30.5 Å². The van der Waals surface area contributed by atoms with Crippen molar-refractivity contribution in [2.45, 2.75) is 57.0 Å². The van der Waals surface area contributed by atoms with Crippen molar-refractivity contribution in [2.24, 2.45) is 0 Å². The maximum Gasteiger partial charge on any atom is 0.407 e. The number of rotatable bonds is 4. The Bertz CT molecular complexity index is 301. The Morgan fingerprint density at radius 1 is 1.37 bits per heavy atom. The average molecular weight is 279 g/mol. The molecule has 0 saturated carbocycles. The summed E-state index contributed by atoms with van der Waals surface area (Å²) in [5.41, 5.74) is 0. The van der Waals surface area contributed by atoms with Gasteiger partial charge in [0.15, 0.2) is 6.29 Å². The van der Waals surface area contributed by atoms with E-state index in [2.05, 4.69) is 5.32 Å². The molecule has 1 amide bonds. The van der Waals surface area contributed by atoms with Gasteiger partial charge >= 0.3 is 6.09 Å². The van der Waals surface area contributed by atoms with Crippen LogP contribution in [0.25, 0.3) is 0 Å². The Kier molecular flexibility index (Phi) is 5.95. The quantitative estimate of drug-likeness (QED) is 0.415. The van der Waals surface area contributed by atoms with Gasteiger partial charge in [0.2, 0.25) is 0 Å². The van der Waals surface area contributed by atoms with Gasteiger partial charge in [0.05, 0.1) is 6.61 Å². The number of ether oxygens (including phenoxy) is 2. The molecule has 6 atom stereocenters. The minimum absolute atomic E-state index is 0.311. The molecule has 8 nitrogen and oxygen atoms in total. The number of carbonyl (C=O) groups excluding carboxylic acids is 1. The molecule has 0 spiro atoms. The van der Waals surface area contributed by atoms with Crippen molar-refractivity contribution in [1.82, 2.24) is 5.32 Å². The number of hydrogen-bond donors (Lipinski definition) is 5. The summed E-state index contributed by atoms with van der Waals surface area (Å²) in [5, 5.41) is 40.2. The molecule has 112 valence electrons. The van der Waals surface area contributed by atoms with Crippen molar-refractivity contribution in [3.05, 3.63) is 0 Å². The standard InChI is InChI=1S/C11H21NO7/c1-3-5(2)18-11(17)12-7-9(15)8(14)6(4-13)19-10(7)16/h5-10,13-16H,3-4H2,1-2H3,(H,12,17). The summed E-state index contributed by atoms with van der Waals surface area (Å²) in [6.45, 7) is 2.97. The molecule has 1 heterocycles. The molecule has 1 aliphatic rings. The fraction of sp³-hybridized carbons (Fsp3) is 0.909. The lowest BCUT2D eigenvalue weighted by molar-refractivity contribution is -0.253. The first-order valence-corrected chi connectivity index (χ1v) is 6.18. The molecule has 1 saturated heterocycles. The van der Waals surface area contributed by atoms with Crippen molar-refractivity contribution in [1.29, 1.82) is 0 Å². The van der Waals surface area contributed by atoms with Crippen LogP contribution >= 0.6 is 0 Å². The van der Waals surface area contributed by atoms with Crippen LogP contribution in [-0.2, 0) is 9.47 Å². The monoisotopic (exact) mass is 279 g/mol. The smallest absolute Gasteiger partial charge is 0.407 e. The van der Waals surface area contributed by atoms with Crippen LogP contribution in [0.2, 0.25) is 0 Å². The van der Waals surface area contributed by atoms with Gasteiger partial charge in [-0.2, -0.15) is 0 Å². The van der Waals surface area contributed by atoms with Crippen molar-refractivity contribution < 1.29 is 34.7 Å². The minimum Gasteiger partial charge on any atom is -0.447 e. The van der Waals surface area contributed by atoms with Gasteiger partial charge in [-0.05, 0) is 13.3 Å². The molecule has 8 heteroatoms. The third-order valence-corrected chi connectivity index (χ3v) is 3.07. The van der Waals surface area contributed by atoms with Crippen LogP contribution in [0.4, 0.5) is 4.79 Å². The summed E-state index contributed by atoms with van der Waals surface area (Å²) in [6, 6.07) is -1.23. The average Bonchev–Trinajstić information content (AvgIpc) is 2.38. The number of carbonyl (C=O) groups is 1. The first-order valence-electron chi connectivity index (χ1n) is 6.18. The number of nitrogens with one attached hydrogen (secondary N) is 1. The molecule has 5 N–H and O–H groups in total. The van der Waals surface area contributed by atoms with Gasteiger partial charge in [0, 0.05) is 0 Å². The van der Waals surface area contributed by atoms with E-state index in [0.717, 1.165) is 0 Å². The largest absolute Gasteiger partial charge is 0.447 e. The highest BCUT2D eigenvalue weighted by Crippen LogP contribution is 2.19. The van der Waals surface area contributed by atoms with E-state index < -0.39 is 43.3 Å². The Labute approximate surface area is 110 Å². The molecule has 1 fully saturated rings. The van der Waals surface area contributed by atoms with Gasteiger partial charge < -0.3 is 35.2 Å². The Morgan fingerprint density at radius 3 is 2.53 bits per heavy atom. The van der Waals surface area contributed by atoms with Gasteiger partial charge in [-0.15, -0.1) is 0 Å². The van der Waals surface area contributed by atoms with E-state index in [4.69, 9.17) is 14.6 Å². The molecule has 0 bridgehead atoms. The summed E-state index contributed by atoms with van der Waals surface area (Å²) in [6.07, 6.45) is -6.04. The summed E-state index contributed by atoms with van der Waals surface area (Å²) in [5.74, 6) is 0. The van der Waals surface area contributed by atoms with Crippen LogP contribution in [0.15, 0.2) is 0 Å². The zero-order valence-electron chi connectivity index (χ0n) is 10.9. The molecular formula is C11H21NO7. The number of aliphatic hydroxyl groups is 4. The molecule has 0 radical (unpaired) electrons. The fourth-order valence-electron chi connectivity index (χ4n) is 1.69. The Balaban J connectivity index is 2.59. The third-order valence-electron chi connectivity index (χ3n) is 3.07. The summed E-state index contributed by atoms with van der Waals surface area (Å²) >= 11 is 0. The number of aliphatic hydroxyl groups excluding tert-OH is 4. The normalized spacial score (nSPS) is 36.6. The van der Waals surface area contributed by atoms with Crippen molar-refractivity contribution in [2.75, 3.05) is 6.61 Å². The van der Waals surface area contributed by atoms with Crippen LogP contribution in [0, 0.1) is 0 Å². The van der Waals surface area contributed by atoms with Crippen molar-refractivity contribution >= 4 is 6.09 Å². The van der Waals surface area contributed by atoms with E-state index in [9.17, 15) is 20.1 Å².